The van der Waals surface area contributed by atoms with Gasteiger partial charge in [0.05, 0.1) is 18.5 Å². The molecule has 1 aromatic rings. The molecule has 0 unspecified atom stereocenters. The van der Waals surface area contributed by atoms with Crippen LogP contribution in [0, 0.1) is 6.92 Å². The fraction of sp³-hybridized carbons (Fsp3) is 0.250. The van der Waals surface area contributed by atoms with Crippen LogP contribution in [0.5, 0.6) is 0 Å². The molecule has 0 spiro atoms. The molecular weight excluding hydrogens is 222 g/mol. The maximum Gasteiger partial charge on any atom is 0.335 e. The van der Waals surface area contributed by atoms with E-state index in [1.165, 1.54) is 11.0 Å². The van der Waals surface area contributed by atoms with Crippen molar-refractivity contribution in [3.8, 4) is 0 Å². The minimum atomic E-state index is -1.00. The van der Waals surface area contributed by atoms with Crippen molar-refractivity contribution in [2.45, 2.75) is 13.3 Å². The molecule has 1 saturated heterocycles. The third-order valence-corrected chi connectivity index (χ3v) is 2.74. The number of aryl methyl sites for hydroxylation is 1. The summed E-state index contributed by atoms with van der Waals surface area (Å²) in [5.74, 6) is -1.36. The number of aromatic carboxylic acids is 1. The van der Waals surface area contributed by atoms with Gasteiger partial charge in [-0.25, -0.2) is 4.79 Å². The van der Waals surface area contributed by atoms with Gasteiger partial charge < -0.3 is 10.0 Å². The number of hydrogen-bond acceptors (Lipinski definition) is 3. The van der Waals surface area contributed by atoms with E-state index in [4.69, 9.17) is 5.11 Å². The van der Waals surface area contributed by atoms with Crippen LogP contribution in [-0.2, 0) is 9.59 Å². The zero-order valence-electron chi connectivity index (χ0n) is 9.27. The first-order valence-electron chi connectivity index (χ1n) is 5.15. The Morgan fingerprint density at radius 3 is 2.53 bits per heavy atom. The number of rotatable bonds is 2. The topological polar surface area (TPSA) is 74.7 Å². The molecule has 5 heteroatoms. The first-order chi connectivity index (χ1) is 7.99. The fourth-order valence-corrected chi connectivity index (χ4v) is 1.88. The summed E-state index contributed by atoms with van der Waals surface area (Å²) in [7, 11) is 0. The molecule has 1 N–H and O–H groups in total. The Hall–Kier alpha value is -2.17. The number of hydrogen-bond donors (Lipinski definition) is 1. The number of ketones is 1. The minimum Gasteiger partial charge on any atom is -0.478 e. The van der Waals surface area contributed by atoms with Gasteiger partial charge in [-0.3, -0.25) is 9.59 Å². The monoisotopic (exact) mass is 233 g/mol. The number of Topliss-reactive ketones (excluding diaryl/α,β-unsaturated/α-hetero) is 1. The lowest BCUT2D eigenvalue weighted by Gasteiger charge is -2.15. The Bertz CT molecular complexity index is 521. The van der Waals surface area contributed by atoms with Gasteiger partial charge in [0, 0.05) is 5.69 Å². The van der Waals surface area contributed by atoms with E-state index in [1.54, 1.807) is 19.1 Å². The van der Waals surface area contributed by atoms with Gasteiger partial charge in [-0.15, -0.1) is 0 Å². The molecule has 0 radical (unpaired) electrons. The van der Waals surface area contributed by atoms with E-state index < -0.39 is 5.97 Å². The van der Waals surface area contributed by atoms with Crippen LogP contribution in [0.2, 0.25) is 0 Å². The van der Waals surface area contributed by atoms with Crippen LogP contribution in [0.1, 0.15) is 22.3 Å². The van der Waals surface area contributed by atoms with E-state index in [-0.39, 0.29) is 30.2 Å². The second-order valence-electron chi connectivity index (χ2n) is 4.00. The molecule has 1 heterocycles. The highest BCUT2D eigenvalue weighted by Gasteiger charge is 2.28. The molecule has 0 aromatic heterocycles. The molecule has 0 aliphatic carbocycles. The molecule has 1 aliphatic heterocycles. The van der Waals surface area contributed by atoms with Crippen molar-refractivity contribution in [1.82, 2.24) is 0 Å². The van der Waals surface area contributed by atoms with Gasteiger partial charge in [-0.1, -0.05) is 0 Å². The van der Waals surface area contributed by atoms with Gasteiger partial charge in [0.2, 0.25) is 5.91 Å². The quantitative estimate of drug-likeness (QED) is 0.773. The van der Waals surface area contributed by atoms with Crippen LogP contribution >= 0.6 is 0 Å². The Balaban J connectivity index is 2.35. The summed E-state index contributed by atoms with van der Waals surface area (Å²) < 4.78 is 0. The number of nitrogens with zero attached hydrogens (tertiary/aromatic N) is 1. The summed E-state index contributed by atoms with van der Waals surface area (Å²) in [5.41, 5.74) is 1.34. The summed E-state index contributed by atoms with van der Waals surface area (Å²) in [6.07, 6.45) is -0.0697. The van der Waals surface area contributed by atoms with Gasteiger partial charge >= 0.3 is 5.97 Å². The van der Waals surface area contributed by atoms with Crippen molar-refractivity contribution in [2.75, 3.05) is 11.4 Å². The van der Waals surface area contributed by atoms with Crippen LogP contribution in [-0.4, -0.2) is 29.3 Å². The fourth-order valence-electron chi connectivity index (χ4n) is 1.88. The van der Waals surface area contributed by atoms with E-state index in [2.05, 4.69) is 0 Å². The second-order valence-corrected chi connectivity index (χ2v) is 4.00. The SMILES string of the molecule is Cc1cc(N2CC(=O)CC2=O)ccc1C(=O)O. The van der Waals surface area contributed by atoms with Gasteiger partial charge in [0.1, 0.15) is 0 Å². The van der Waals surface area contributed by atoms with E-state index in [0.29, 0.717) is 11.3 Å². The molecule has 0 atom stereocenters. The molecule has 0 bridgehead atoms. The predicted octanol–water partition coefficient (Wildman–Crippen LogP) is 0.999. The van der Waals surface area contributed by atoms with Crippen LogP contribution in [0.15, 0.2) is 18.2 Å². The lowest BCUT2D eigenvalue weighted by Crippen LogP contribution is -2.24. The van der Waals surface area contributed by atoms with Crippen LogP contribution in [0.25, 0.3) is 0 Å². The smallest absolute Gasteiger partial charge is 0.335 e. The van der Waals surface area contributed by atoms with Crippen LogP contribution in [0.3, 0.4) is 0 Å². The summed E-state index contributed by atoms with van der Waals surface area (Å²) in [6, 6.07) is 4.61. The molecule has 1 amide bonds. The molecule has 1 aliphatic rings. The number of carbonyl (C=O) groups is 3. The van der Waals surface area contributed by atoms with Gasteiger partial charge in [-0.05, 0) is 30.7 Å². The summed E-state index contributed by atoms with van der Waals surface area (Å²) >= 11 is 0. The normalized spacial score (nSPS) is 15.5. The lowest BCUT2D eigenvalue weighted by atomic mass is 10.1. The van der Waals surface area contributed by atoms with E-state index in [9.17, 15) is 14.4 Å². The highest BCUT2D eigenvalue weighted by molar-refractivity contribution is 6.15. The Morgan fingerprint density at radius 2 is 2.06 bits per heavy atom. The van der Waals surface area contributed by atoms with Gasteiger partial charge in [0.25, 0.3) is 0 Å². The van der Waals surface area contributed by atoms with Crippen molar-refractivity contribution < 1.29 is 19.5 Å². The van der Waals surface area contributed by atoms with Crippen molar-refractivity contribution in [1.29, 1.82) is 0 Å². The van der Waals surface area contributed by atoms with Crippen molar-refractivity contribution in [3.05, 3.63) is 29.3 Å². The Kier molecular flexibility index (Phi) is 2.67. The minimum absolute atomic E-state index is 0.0697. The second kappa shape index (κ2) is 4.01. The first-order valence-corrected chi connectivity index (χ1v) is 5.15. The summed E-state index contributed by atoms with van der Waals surface area (Å²) in [5, 5.41) is 8.88. The number of carbonyl (C=O) groups excluding carboxylic acids is 2. The highest BCUT2D eigenvalue weighted by Crippen LogP contribution is 2.22. The van der Waals surface area contributed by atoms with E-state index in [0.717, 1.165) is 0 Å². The lowest BCUT2D eigenvalue weighted by molar-refractivity contribution is -0.121. The van der Waals surface area contributed by atoms with Crippen LogP contribution in [0.4, 0.5) is 5.69 Å². The standard InChI is InChI=1S/C12H11NO4/c1-7-4-8(2-3-10(7)12(16)17)13-6-9(14)5-11(13)15/h2-4H,5-6H2,1H3,(H,16,17). The van der Waals surface area contributed by atoms with E-state index >= 15 is 0 Å². The van der Waals surface area contributed by atoms with Gasteiger partial charge in [0.15, 0.2) is 5.78 Å². The maximum atomic E-state index is 11.5. The summed E-state index contributed by atoms with van der Waals surface area (Å²) in [4.78, 5) is 34.9. The number of anilines is 1. The molecule has 2 rings (SSSR count). The zero-order valence-corrected chi connectivity index (χ0v) is 9.27. The number of carboxylic acids is 1. The average molecular weight is 233 g/mol. The molecule has 5 nitrogen and oxygen atoms in total. The number of amides is 1. The Labute approximate surface area is 97.7 Å². The van der Waals surface area contributed by atoms with Crippen LogP contribution < -0.4 is 4.90 Å². The van der Waals surface area contributed by atoms with Gasteiger partial charge in [-0.2, -0.15) is 0 Å². The third-order valence-electron chi connectivity index (χ3n) is 2.74. The summed E-state index contributed by atoms with van der Waals surface area (Å²) in [6.45, 7) is 1.74. The molecule has 0 saturated carbocycles. The van der Waals surface area contributed by atoms with Crippen molar-refractivity contribution in [3.63, 3.8) is 0 Å². The first kappa shape index (κ1) is 11.3. The largest absolute Gasteiger partial charge is 0.478 e. The third kappa shape index (κ3) is 2.04. The molecule has 17 heavy (non-hydrogen) atoms. The van der Waals surface area contributed by atoms with Crippen molar-refractivity contribution >= 4 is 23.3 Å². The average Bonchev–Trinajstić information content (AvgIpc) is 2.57. The molecule has 1 fully saturated rings. The zero-order chi connectivity index (χ0) is 12.6. The number of benzene rings is 1. The molecule has 88 valence electrons. The highest BCUT2D eigenvalue weighted by atomic mass is 16.4. The Morgan fingerprint density at radius 1 is 1.35 bits per heavy atom. The van der Waals surface area contributed by atoms with Crippen molar-refractivity contribution in [2.24, 2.45) is 0 Å². The number of carboxylic acid groups (broad SMARTS) is 1. The maximum absolute atomic E-state index is 11.5. The molecular formula is C12H11NO4. The van der Waals surface area contributed by atoms with E-state index in [1.807, 2.05) is 0 Å². The molecule has 1 aromatic carbocycles. The predicted molar refractivity (Wildman–Crippen MR) is 60.1 cm³/mol.